The van der Waals surface area contributed by atoms with Gasteiger partial charge in [-0.3, -0.25) is 0 Å². The fraction of sp³-hybridized carbons (Fsp3) is 0.250. The molecule has 0 heterocycles. The minimum Gasteiger partial charge on any atom is -0.397 e. The Balaban J connectivity index is 0.000000236. The maximum absolute atomic E-state index is 7.57. The van der Waals surface area contributed by atoms with Crippen molar-refractivity contribution in [2.75, 3.05) is 6.61 Å². The van der Waals surface area contributed by atoms with Gasteiger partial charge in [0.15, 0.2) is 0 Å². The zero-order chi connectivity index (χ0) is 7.82. The molecular formula is C8H11BrO. The molecule has 10 heavy (non-hydrogen) atoms. The third-order valence-electron chi connectivity index (χ3n) is 0.733. The van der Waals surface area contributed by atoms with Gasteiger partial charge in [0.25, 0.3) is 0 Å². The molecule has 0 spiro atoms. The first-order valence-corrected chi connectivity index (χ1v) is 3.92. The molecule has 0 saturated carbocycles. The maximum atomic E-state index is 7.57. The molecule has 56 valence electrons. The van der Waals surface area contributed by atoms with Crippen LogP contribution in [-0.2, 0) is 0 Å². The number of hydrogen-bond acceptors (Lipinski definition) is 1. The molecule has 2 heteroatoms. The van der Waals surface area contributed by atoms with Gasteiger partial charge in [-0.15, -0.1) is 0 Å². The molecular weight excluding hydrogens is 192 g/mol. The molecule has 1 aromatic rings. The Bertz CT molecular complexity index is 151. The number of hydrogen-bond donors (Lipinski definition) is 1. The Hall–Kier alpha value is -0.340. The van der Waals surface area contributed by atoms with E-state index < -0.39 is 0 Å². The summed E-state index contributed by atoms with van der Waals surface area (Å²) in [7, 11) is 0. The Morgan fingerprint density at radius 3 is 1.90 bits per heavy atom. The normalized spacial score (nSPS) is 7.90. The van der Waals surface area contributed by atoms with E-state index in [1.807, 2.05) is 30.3 Å². The van der Waals surface area contributed by atoms with Crippen molar-refractivity contribution in [1.82, 2.24) is 0 Å². The predicted octanol–water partition coefficient (Wildman–Crippen LogP) is 2.45. The number of rotatable bonds is 0. The molecule has 0 atom stereocenters. The zero-order valence-electron chi connectivity index (χ0n) is 5.92. The highest BCUT2D eigenvalue weighted by atomic mass is 79.9. The summed E-state index contributed by atoms with van der Waals surface area (Å²) < 4.78 is 1.13. The summed E-state index contributed by atoms with van der Waals surface area (Å²) in [4.78, 5) is 0. The summed E-state index contributed by atoms with van der Waals surface area (Å²) in [5.74, 6) is 0. The lowest BCUT2D eigenvalue weighted by Gasteiger charge is -1.80. The van der Waals surface area contributed by atoms with Crippen molar-refractivity contribution in [3.63, 3.8) is 0 Å². The van der Waals surface area contributed by atoms with E-state index in [4.69, 9.17) is 5.11 Å². The van der Waals surface area contributed by atoms with Crippen molar-refractivity contribution in [2.24, 2.45) is 0 Å². The highest BCUT2D eigenvalue weighted by molar-refractivity contribution is 9.10. The van der Waals surface area contributed by atoms with Crippen LogP contribution in [0.25, 0.3) is 0 Å². The van der Waals surface area contributed by atoms with Crippen LogP contribution in [0.2, 0.25) is 0 Å². The molecule has 1 aromatic carbocycles. The molecule has 0 unspecified atom stereocenters. The highest BCUT2D eigenvalue weighted by Gasteiger charge is 1.74. The predicted molar refractivity (Wildman–Crippen MR) is 46.9 cm³/mol. The van der Waals surface area contributed by atoms with Gasteiger partial charge in [0, 0.05) is 11.1 Å². The molecule has 0 aliphatic rings. The smallest absolute Gasteiger partial charge is 0.0402 e. The molecule has 0 amide bonds. The lowest BCUT2D eigenvalue weighted by molar-refractivity contribution is 0.318. The van der Waals surface area contributed by atoms with Crippen molar-refractivity contribution in [1.29, 1.82) is 0 Å². The number of aliphatic hydroxyl groups is 1. The Labute approximate surface area is 69.8 Å². The molecule has 0 fully saturated rings. The van der Waals surface area contributed by atoms with Crippen molar-refractivity contribution >= 4 is 15.9 Å². The largest absolute Gasteiger partial charge is 0.397 e. The fourth-order valence-electron chi connectivity index (χ4n) is 0.415. The van der Waals surface area contributed by atoms with Crippen molar-refractivity contribution in [3.05, 3.63) is 34.8 Å². The second kappa shape index (κ2) is 6.78. The molecule has 0 aliphatic carbocycles. The Morgan fingerprint density at radius 2 is 1.70 bits per heavy atom. The molecule has 0 saturated heterocycles. The summed E-state index contributed by atoms with van der Waals surface area (Å²) in [6.07, 6.45) is 0. The zero-order valence-corrected chi connectivity index (χ0v) is 7.51. The van der Waals surface area contributed by atoms with Gasteiger partial charge in [-0.2, -0.15) is 0 Å². The van der Waals surface area contributed by atoms with Gasteiger partial charge >= 0.3 is 0 Å². The molecule has 1 N–H and O–H groups in total. The lowest BCUT2D eigenvalue weighted by atomic mass is 10.4. The van der Waals surface area contributed by atoms with Crippen LogP contribution in [-0.4, -0.2) is 11.7 Å². The lowest BCUT2D eigenvalue weighted by Crippen LogP contribution is -1.57. The third kappa shape index (κ3) is 5.79. The van der Waals surface area contributed by atoms with Crippen LogP contribution in [0, 0.1) is 0 Å². The van der Waals surface area contributed by atoms with E-state index in [1.165, 1.54) is 0 Å². The first-order valence-electron chi connectivity index (χ1n) is 3.12. The van der Waals surface area contributed by atoms with Crippen LogP contribution in [0.5, 0.6) is 0 Å². The summed E-state index contributed by atoms with van der Waals surface area (Å²) in [6, 6.07) is 9.97. The molecule has 0 bridgehead atoms. The molecule has 0 aromatic heterocycles. The van der Waals surface area contributed by atoms with Crippen molar-refractivity contribution < 1.29 is 5.11 Å². The summed E-state index contributed by atoms with van der Waals surface area (Å²) in [6.45, 7) is 1.93. The average molecular weight is 203 g/mol. The second-order valence-corrected chi connectivity index (χ2v) is 2.53. The van der Waals surface area contributed by atoms with E-state index in [2.05, 4.69) is 15.9 Å². The monoisotopic (exact) mass is 202 g/mol. The topological polar surface area (TPSA) is 20.2 Å². The van der Waals surface area contributed by atoms with Crippen molar-refractivity contribution in [3.8, 4) is 0 Å². The SMILES string of the molecule is Brc1ccccc1.CCO. The fourth-order valence-corrected chi connectivity index (χ4v) is 0.720. The Kier molecular flexibility index (Phi) is 6.55. The molecule has 0 radical (unpaired) electrons. The average Bonchev–Trinajstić information content (AvgIpc) is 1.91. The van der Waals surface area contributed by atoms with E-state index in [-0.39, 0.29) is 6.61 Å². The third-order valence-corrected chi connectivity index (χ3v) is 1.26. The van der Waals surface area contributed by atoms with Gasteiger partial charge in [-0.25, -0.2) is 0 Å². The van der Waals surface area contributed by atoms with Gasteiger partial charge in [-0.05, 0) is 19.1 Å². The minimum atomic E-state index is 0.250. The standard InChI is InChI=1S/C6H5Br.C2H6O/c7-6-4-2-1-3-5-6;1-2-3/h1-5H;3H,2H2,1H3. The summed E-state index contributed by atoms with van der Waals surface area (Å²) in [5, 5.41) is 7.57. The van der Waals surface area contributed by atoms with Crippen LogP contribution < -0.4 is 0 Å². The maximum Gasteiger partial charge on any atom is 0.0402 e. The number of benzene rings is 1. The minimum absolute atomic E-state index is 0.250. The van der Waals surface area contributed by atoms with E-state index in [1.54, 1.807) is 6.92 Å². The number of halogens is 1. The van der Waals surface area contributed by atoms with Gasteiger partial charge in [0.1, 0.15) is 0 Å². The van der Waals surface area contributed by atoms with Gasteiger partial charge in [0.2, 0.25) is 0 Å². The van der Waals surface area contributed by atoms with E-state index in [9.17, 15) is 0 Å². The van der Waals surface area contributed by atoms with Gasteiger partial charge in [0.05, 0.1) is 0 Å². The van der Waals surface area contributed by atoms with Crippen LogP contribution in [0.3, 0.4) is 0 Å². The van der Waals surface area contributed by atoms with Crippen LogP contribution >= 0.6 is 15.9 Å². The van der Waals surface area contributed by atoms with Crippen LogP contribution in [0.1, 0.15) is 6.92 Å². The van der Waals surface area contributed by atoms with Crippen LogP contribution in [0.15, 0.2) is 34.8 Å². The molecule has 1 nitrogen and oxygen atoms in total. The quantitative estimate of drug-likeness (QED) is 0.686. The highest BCUT2D eigenvalue weighted by Crippen LogP contribution is 2.05. The second-order valence-electron chi connectivity index (χ2n) is 1.61. The van der Waals surface area contributed by atoms with Crippen molar-refractivity contribution in [2.45, 2.75) is 6.92 Å². The van der Waals surface area contributed by atoms with Gasteiger partial charge < -0.3 is 5.11 Å². The van der Waals surface area contributed by atoms with Crippen LogP contribution in [0.4, 0.5) is 0 Å². The molecule has 1 rings (SSSR count). The van der Waals surface area contributed by atoms with Gasteiger partial charge in [-0.1, -0.05) is 34.1 Å². The first-order chi connectivity index (χ1) is 4.81. The molecule has 0 aliphatic heterocycles. The Morgan fingerprint density at radius 1 is 1.30 bits per heavy atom. The van der Waals surface area contributed by atoms with E-state index >= 15 is 0 Å². The first kappa shape index (κ1) is 9.66. The number of aliphatic hydroxyl groups excluding tert-OH is 1. The summed E-state index contributed by atoms with van der Waals surface area (Å²) in [5.41, 5.74) is 0. The summed E-state index contributed by atoms with van der Waals surface area (Å²) >= 11 is 3.31. The van der Waals surface area contributed by atoms with E-state index in [0.29, 0.717) is 0 Å². The van der Waals surface area contributed by atoms with E-state index in [0.717, 1.165) is 4.47 Å².